The topological polar surface area (TPSA) is 129 Å². The molecule has 272 valence electrons. The van der Waals surface area contributed by atoms with Gasteiger partial charge in [-0.25, -0.2) is 14.8 Å². The van der Waals surface area contributed by atoms with Crippen molar-refractivity contribution in [2.75, 3.05) is 45.2 Å². The summed E-state index contributed by atoms with van der Waals surface area (Å²) in [6, 6.07) is 2.49. The number of aromatic nitrogens is 2. The molecular weight excluding hydrogens is 622 g/mol. The van der Waals surface area contributed by atoms with Gasteiger partial charge in [-0.2, -0.15) is 0 Å². The summed E-state index contributed by atoms with van der Waals surface area (Å²) in [7, 11) is 3.80. The fraction of sp³-hybridized carbons (Fsp3) is 0.684. The zero-order valence-corrected chi connectivity index (χ0v) is 30.5. The number of aliphatic hydroxyl groups is 2. The van der Waals surface area contributed by atoms with Gasteiger partial charge in [0.05, 0.1) is 18.2 Å². The molecule has 11 nitrogen and oxygen atoms in total. The number of allylic oxidation sites excluding steroid dienone is 3. The van der Waals surface area contributed by atoms with Crippen molar-refractivity contribution >= 4 is 18.0 Å². The van der Waals surface area contributed by atoms with E-state index in [0.717, 1.165) is 24.4 Å². The zero-order chi connectivity index (χ0) is 35.6. The van der Waals surface area contributed by atoms with Crippen LogP contribution in [0.5, 0.6) is 0 Å². The number of aliphatic hydroxyl groups excluding tert-OH is 1. The number of ether oxygens (including phenoxy) is 2. The number of piperazine rings is 1. The van der Waals surface area contributed by atoms with Crippen molar-refractivity contribution in [3.8, 4) is 0 Å². The predicted octanol–water partition coefficient (Wildman–Crippen LogP) is 5.39. The van der Waals surface area contributed by atoms with Crippen LogP contribution in [0.3, 0.4) is 0 Å². The third-order valence-corrected chi connectivity index (χ3v) is 10.2. The summed E-state index contributed by atoms with van der Waals surface area (Å²) in [6.45, 7) is 10.3. The molecule has 2 aliphatic heterocycles. The van der Waals surface area contributed by atoms with Gasteiger partial charge in [0.2, 0.25) is 5.95 Å². The number of hydrogen-bond donors (Lipinski definition) is 2. The predicted molar refractivity (Wildman–Crippen MR) is 191 cm³/mol. The highest BCUT2D eigenvalue weighted by Gasteiger charge is 2.37. The molecule has 1 saturated heterocycles. The number of nitrogens with zero attached hydrogens (tertiary/aromatic N) is 5. The minimum atomic E-state index is -1.45. The van der Waals surface area contributed by atoms with Crippen LogP contribution in [-0.2, 0) is 14.3 Å². The van der Waals surface area contributed by atoms with Gasteiger partial charge in [0.1, 0.15) is 11.7 Å². The van der Waals surface area contributed by atoms with Crippen LogP contribution in [-0.4, -0.2) is 112 Å². The van der Waals surface area contributed by atoms with Crippen LogP contribution >= 0.6 is 0 Å². The molecule has 6 atom stereocenters. The third-order valence-electron chi connectivity index (χ3n) is 10.2. The summed E-state index contributed by atoms with van der Waals surface area (Å²) in [5, 5.41) is 22.2. The lowest BCUT2D eigenvalue weighted by Crippen LogP contribution is -2.53. The van der Waals surface area contributed by atoms with Gasteiger partial charge in [-0.1, -0.05) is 63.8 Å². The molecule has 1 saturated carbocycles. The van der Waals surface area contributed by atoms with Crippen molar-refractivity contribution in [3.63, 3.8) is 0 Å². The molecule has 1 unspecified atom stereocenters. The number of hydrogen-bond acceptors (Lipinski definition) is 10. The Balaban J connectivity index is 1.46. The lowest BCUT2D eigenvalue weighted by Gasteiger charge is -2.40. The maximum Gasteiger partial charge on any atom is 0.410 e. The molecule has 0 radical (unpaired) electrons. The molecule has 3 heterocycles. The van der Waals surface area contributed by atoms with Gasteiger partial charge in [-0.3, -0.25) is 9.69 Å². The normalized spacial score (nSPS) is 30.1. The number of cyclic esters (lactones) is 1. The highest BCUT2D eigenvalue weighted by molar-refractivity contribution is 5.70. The molecule has 4 rings (SSSR count). The Hall–Kier alpha value is -3.28. The van der Waals surface area contributed by atoms with Crippen LogP contribution in [0.1, 0.15) is 97.1 Å². The summed E-state index contributed by atoms with van der Waals surface area (Å²) in [5.74, 6) is -0.157. The SMILES string of the molecule is C/C(=C\C=C\C(C)c1ccnc(N(C)C)n1)[C@H]1OC(=O)C[C@@H](O)CC[C@](C)(O)[C@@H](OC(=O)N2CCN(C3CCCCCC3)CC2)/C=C/[C@@H]1C. The van der Waals surface area contributed by atoms with Crippen LogP contribution in [0.2, 0.25) is 0 Å². The van der Waals surface area contributed by atoms with Gasteiger partial charge < -0.3 is 29.5 Å². The molecule has 0 spiro atoms. The van der Waals surface area contributed by atoms with Crippen molar-refractivity contribution < 1.29 is 29.3 Å². The van der Waals surface area contributed by atoms with E-state index in [1.807, 2.05) is 63.2 Å². The first-order valence-corrected chi connectivity index (χ1v) is 18.2. The molecule has 11 heteroatoms. The van der Waals surface area contributed by atoms with E-state index in [4.69, 9.17) is 9.47 Å². The van der Waals surface area contributed by atoms with E-state index < -0.39 is 36.0 Å². The van der Waals surface area contributed by atoms with E-state index in [-0.39, 0.29) is 31.1 Å². The van der Waals surface area contributed by atoms with E-state index in [1.165, 1.54) is 38.5 Å². The first-order chi connectivity index (χ1) is 23.3. The van der Waals surface area contributed by atoms with Crippen LogP contribution in [0, 0.1) is 5.92 Å². The lowest BCUT2D eigenvalue weighted by atomic mass is 9.88. The largest absolute Gasteiger partial charge is 0.457 e. The molecule has 2 N–H and O–H groups in total. The number of amides is 1. The molecule has 1 aromatic heterocycles. The van der Waals surface area contributed by atoms with Gasteiger partial charge in [-0.15, -0.1) is 0 Å². The molecular formula is C38H59N5O6. The average Bonchev–Trinajstić information content (AvgIpc) is 3.37. The van der Waals surface area contributed by atoms with Crippen LogP contribution in [0.4, 0.5) is 10.7 Å². The minimum Gasteiger partial charge on any atom is -0.457 e. The van der Waals surface area contributed by atoms with Crippen LogP contribution in [0.15, 0.2) is 48.2 Å². The highest BCUT2D eigenvalue weighted by atomic mass is 16.6. The Labute approximate surface area is 293 Å². The number of esters is 1. The Kier molecular flexibility index (Phi) is 14.2. The van der Waals surface area contributed by atoms with E-state index >= 15 is 0 Å². The fourth-order valence-electron chi connectivity index (χ4n) is 6.92. The Morgan fingerprint density at radius 1 is 1.12 bits per heavy atom. The fourth-order valence-corrected chi connectivity index (χ4v) is 6.92. The maximum absolute atomic E-state index is 13.5. The first kappa shape index (κ1) is 38.5. The number of carbonyl (C=O) groups is 2. The Bertz CT molecular complexity index is 1310. The van der Waals surface area contributed by atoms with E-state index in [9.17, 15) is 19.8 Å². The van der Waals surface area contributed by atoms with Gasteiger partial charge >= 0.3 is 12.1 Å². The number of anilines is 1. The van der Waals surface area contributed by atoms with Gasteiger partial charge in [-0.05, 0) is 57.2 Å². The van der Waals surface area contributed by atoms with Gasteiger partial charge in [0.15, 0.2) is 6.10 Å². The van der Waals surface area contributed by atoms with Gasteiger partial charge in [0, 0.05) is 64.3 Å². The second-order valence-corrected chi connectivity index (χ2v) is 14.6. The summed E-state index contributed by atoms with van der Waals surface area (Å²) in [5.41, 5.74) is 0.243. The highest BCUT2D eigenvalue weighted by Crippen LogP contribution is 2.28. The third kappa shape index (κ3) is 11.4. The first-order valence-electron chi connectivity index (χ1n) is 18.2. The number of carbonyl (C=O) groups excluding carboxylic acids is 2. The standard InChI is InChI=1S/C38H59N5O6/c1-27(32-19-21-39-36(40-32)41(5)6)12-11-13-28(2)35-29(3)16-17-33(38(4,47)20-18-31(44)26-34(45)49-35)48-37(46)43-24-22-42(23-25-43)30-14-9-7-8-10-15-30/h11-13,16-17,19,21,27,29-31,33,35,44,47H,7-10,14-15,18,20,22-26H2,1-6H3/b12-11+,17-16+,28-13+/t27?,29-,31-,33-,35+,38-/m0/s1. The lowest BCUT2D eigenvalue weighted by molar-refractivity contribution is -0.151. The van der Waals surface area contributed by atoms with Crippen molar-refractivity contribution in [1.82, 2.24) is 19.8 Å². The van der Waals surface area contributed by atoms with E-state index in [1.54, 1.807) is 24.1 Å². The minimum absolute atomic E-state index is 0.0227. The van der Waals surface area contributed by atoms with Crippen molar-refractivity contribution in [1.29, 1.82) is 0 Å². The summed E-state index contributed by atoms with van der Waals surface area (Å²) >= 11 is 0. The second kappa shape index (κ2) is 18.1. The number of rotatable bonds is 7. The maximum atomic E-state index is 13.5. The van der Waals surface area contributed by atoms with Crippen molar-refractivity contribution in [2.24, 2.45) is 5.92 Å². The smallest absolute Gasteiger partial charge is 0.410 e. The molecule has 49 heavy (non-hydrogen) atoms. The second-order valence-electron chi connectivity index (χ2n) is 14.6. The Morgan fingerprint density at radius 3 is 2.49 bits per heavy atom. The van der Waals surface area contributed by atoms with Crippen molar-refractivity contribution in [2.45, 2.75) is 121 Å². The zero-order valence-electron chi connectivity index (χ0n) is 30.5. The van der Waals surface area contributed by atoms with Crippen LogP contribution < -0.4 is 4.90 Å². The Morgan fingerprint density at radius 2 is 1.82 bits per heavy atom. The summed E-state index contributed by atoms with van der Waals surface area (Å²) in [4.78, 5) is 41.4. The van der Waals surface area contributed by atoms with Gasteiger partial charge in [0.25, 0.3) is 0 Å². The van der Waals surface area contributed by atoms with Crippen molar-refractivity contribution in [3.05, 3.63) is 53.9 Å². The van der Waals surface area contributed by atoms with Crippen LogP contribution in [0.25, 0.3) is 0 Å². The molecule has 1 aliphatic carbocycles. The quantitative estimate of drug-likeness (QED) is 0.167. The molecule has 2 fully saturated rings. The molecule has 1 aromatic rings. The molecule has 3 aliphatic rings. The molecule has 0 aromatic carbocycles. The average molecular weight is 682 g/mol. The monoisotopic (exact) mass is 681 g/mol. The molecule has 1 amide bonds. The molecule has 0 bridgehead atoms. The summed E-state index contributed by atoms with van der Waals surface area (Å²) < 4.78 is 11.9. The van der Waals surface area contributed by atoms with E-state index in [0.29, 0.717) is 25.1 Å². The summed E-state index contributed by atoms with van der Waals surface area (Å²) in [6.07, 6.45) is 15.9. The van der Waals surface area contributed by atoms with E-state index in [2.05, 4.69) is 21.8 Å².